The summed E-state index contributed by atoms with van der Waals surface area (Å²) >= 11 is 0. The molecule has 2 atom stereocenters. The predicted octanol–water partition coefficient (Wildman–Crippen LogP) is 0.301. The smallest absolute Gasteiger partial charge is 0.248 e. The van der Waals surface area contributed by atoms with Crippen molar-refractivity contribution in [3.8, 4) is 0 Å². The number of hydroxylamine groups is 1. The van der Waals surface area contributed by atoms with Gasteiger partial charge >= 0.3 is 0 Å². The summed E-state index contributed by atoms with van der Waals surface area (Å²) in [6.07, 6.45) is 1.48. The molecule has 1 amide bonds. The standard InChI is InChI=1S/C13H24N2O4/c1-10(2)7-11(9-16)12(13(17)14-18)8-15-3-5-19-6-4-15/h9-12,18H,3-8H2,1-2H3,(H,14,17)/t11-,12?/m0/s1. The van der Waals surface area contributed by atoms with E-state index in [1.807, 2.05) is 13.8 Å². The molecule has 2 N–H and O–H groups in total. The fourth-order valence-corrected chi connectivity index (χ4v) is 2.42. The van der Waals surface area contributed by atoms with Gasteiger partial charge in [-0.1, -0.05) is 13.8 Å². The highest BCUT2D eigenvalue weighted by Crippen LogP contribution is 2.21. The Labute approximate surface area is 114 Å². The first kappa shape index (κ1) is 16.1. The minimum atomic E-state index is -0.511. The fraction of sp³-hybridized carbons (Fsp3) is 0.846. The third-order valence-corrected chi connectivity index (χ3v) is 3.44. The van der Waals surface area contributed by atoms with Crippen LogP contribution in [0.25, 0.3) is 0 Å². The molecule has 6 nitrogen and oxygen atoms in total. The van der Waals surface area contributed by atoms with Gasteiger partial charge in [-0.3, -0.25) is 14.9 Å². The monoisotopic (exact) mass is 272 g/mol. The molecule has 0 aliphatic carbocycles. The van der Waals surface area contributed by atoms with E-state index in [9.17, 15) is 9.59 Å². The van der Waals surface area contributed by atoms with Crippen molar-refractivity contribution in [2.45, 2.75) is 20.3 Å². The number of ether oxygens (including phenoxy) is 1. The molecule has 0 spiro atoms. The molecule has 1 heterocycles. The van der Waals surface area contributed by atoms with Gasteiger partial charge < -0.3 is 9.53 Å². The summed E-state index contributed by atoms with van der Waals surface area (Å²) in [6, 6.07) is 0. The maximum atomic E-state index is 11.8. The van der Waals surface area contributed by atoms with Crippen LogP contribution in [-0.4, -0.2) is 55.1 Å². The van der Waals surface area contributed by atoms with Crippen molar-refractivity contribution in [1.82, 2.24) is 10.4 Å². The Morgan fingerprint density at radius 3 is 2.53 bits per heavy atom. The second-order valence-corrected chi connectivity index (χ2v) is 5.43. The number of nitrogens with one attached hydrogen (secondary N) is 1. The predicted molar refractivity (Wildman–Crippen MR) is 69.7 cm³/mol. The van der Waals surface area contributed by atoms with Crippen molar-refractivity contribution in [1.29, 1.82) is 0 Å². The lowest BCUT2D eigenvalue weighted by Gasteiger charge is -2.32. The summed E-state index contributed by atoms with van der Waals surface area (Å²) in [4.78, 5) is 25.1. The van der Waals surface area contributed by atoms with E-state index in [1.54, 1.807) is 5.48 Å². The summed E-state index contributed by atoms with van der Waals surface area (Å²) < 4.78 is 5.26. The normalized spacial score (nSPS) is 20.0. The van der Waals surface area contributed by atoms with Crippen molar-refractivity contribution in [3.05, 3.63) is 0 Å². The Hall–Kier alpha value is -0.980. The van der Waals surface area contributed by atoms with E-state index in [0.717, 1.165) is 19.4 Å². The Morgan fingerprint density at radius 2 is 2.05 bits per heavy atom. The molecular formula is C13H24N2O4. The number of aldehydes is 1. The quantitative estimate of drug-likeness (QED) is 0.396. The van der Waals surface area contributed by atoms with Crippen molar-refractivity contribution in [2.24, 2.45) is 17.8 Å². The van der Waals surface area contributed by atoms with E-state index in [1.165, 1.54) is 0 Å². The second kappa shape index (κ2) is 8.24. The highest BCUT2D eigenvalue weighted by molar-refractivity contribution is 5.81. The van der Waals surface area contributed by atoms with Crippen LogP contribution < -0.4 is 5.48 Å². The molecule has 1 fully saturated rings. The first-order chi connectivity index (χ1) is 9.08. The first-order valence-corrected chi connectivity index (χ1v) is 6.77. The van der Waals surface area contributed by atoms with Crippen molar-refractivity contribution < 1.29 is 19.5 Å². The number of morpholine rings is 1. The Kier molecular flexibility index (Phi) is 6.97. The summed E-state index contributed by atoms with van der Waals surface area (Å²) in [7, 11) is 0. The molecule has 0 aromatic rings. The molecule has 1 aliphatic heterocycles. The molecular weight excluding hydrogens is 248 g/mol. The number of nitrogens with zero attached hydrogens (tertiary/aromatic N) is 1. The van der Waals surface area contributed by atoms with E-state index in [4.69, 9.17) is 9.94 Å². The van der Waals surface area contributed by atoms with Crippen LogP contribution in [-0.2, 0) is 14.3 Å². The van der Waals surface area contributed by atoms with Crippen LogP contribution in [0.15, 0.2) is 0 Å². The molecule has 110 valence electrons. The van der Waals surface area contributed by atoms with E-state index in [0.29, 0.717) is 32.1 Å². The zero-order valence-corrected chi connectivity index (χ0v) is 11.7. The summed E-state index contributed by atoms with van der Waals surface area (Å²) in [5.41, 5.74) is 1.69. The largest absolute Gasteiger partial charge is 0.379 e. The maximum absolute atomic E-state index is 11.8. The summed E-state index contributed by atoms with van der Waals surface area (Å²) in [5, 5.41) is 8.85. The average Bonchev–Trinajstić information content (AvgIpc) is 2.42. The topological polar surface area (TPSA) is 78.9 Å². The van der Waals surface area contributed by atoms with Crippen molar-refractivity contribution in [2.75, 3.05) is 32.8 Å². The van der Waals surface area contributed by atoms with Crippen molar-refractivity contribution >= 4 is 12.2 Å². The van der Waals surface area contributed by atoms with Gasteiger partial charge in [-0.05, 0) is 12.3 Å². The van der Waals surface area contributed by atoms with E-state index in [2.05, 4.69) is 4.90 Å². The van der Waals surface area contributed by atoms with E-state index < -0.39 is 11.8 Å². The Balaban J connectivity index is 2.68. The highest BCUT2D eigenvalue weighted by atomic mass is 16.5. The Bertz CT molecular complexity index is 290. The lowest BCUT2D eigenvalue weighted by molar-refractivity contribution is -0.138. The van der Waals surface area contributed by atoms with Crippen molar-refractivity contribution in [3.63, 3.8) is 0 Å². The first-order valence-electron chi connectivity index (χ1n) is 6.77. The highest BCUT2D eigenvalue weighted by Gasteiger charge is 2.30. The van der Waals surface area contributed by atoms with Crippen LogP contribution in [0.2, 0.25) is 0 Å². The zero-order valence-electron chi connectivity index (χ0n) is 11.7. The molecule has 1 aliphatic rings. The number of amides is 1. The second-order valence-electron chi connectivity index (χ2n) is 5.43. The number of hydrogen-bond donors (Lipinski definition) is 2. The van der Waals surface area contributed by atoms with Gasteiger partial charge in [0.2, 0.25) is 5.91 Å². The Morgan fingerprint density at radius 1 is 1.42 bits per heavy atom. The van der Waals surface area contributed by atoms with Crippen LogP contribution in [0.4, 0.5) is 0 Å². The van der Waals surface area contributed by atoms with E-state index in [-0.39, 0.29) is 5.92 Å². The van der Waals surface area contributed by atoms with Gasteiger partial charge in [-0.2, -0.15) is 0 Å². The number of carbonyl (C=O) groups is 2. The lowest BCUT2D eigenvalue weighted by Crippen LogP contribution is -2.46. The van der Waals surface area contributed by atoms with Gasteiger partial charge in [0.25, 0.3) is 0 Å². The van der Waals surface area contributed by atoms with Gasteiger partial charge in [0, 0.05) is 25.6 Å². The lowest BCUT2D eigenvalue weighted by atomic mass is 9.85. The third kappa shape index (κ3) is 5.26. The molecule has 1 saturated heterocycles. The van der Waals surface area contributed by atoms with Gasteiger partial charge in [-0.25, -0.2) is 5.48 Å². The minimum absolute atomic E-state index is 0.328. The molecule has 0 bridgehead atoms. The zero-order chi connectivity index (χ0) is 14.3. The van der Waals surface area contributed by atoms with Crippen LogP contribution >= 0.6 is 0 Å². The van der Waals surface area contributed by atoms with Gasteiger partial charge in [0.15, 0.2) is 0 Å². The minimum Gasteiger partial charge on any atom is -0.379 e. The molecule has 19 heavy (non-hydrogen) atoms. The van der Waals surface area contributed by atoms with Crippen LogP contribution in [0.1, 0.15) is 20.3 Å². The molecule has 0 radical (unpaired) electrons. The molecule has 1 rings (SSSR count). The summed E-state index contributed by atoms with van der Waals surface area (Å²) in [5.74, 6) is -1.03. The van der Waals surface area contributed by atoms with Crippen LogP contribution in [0.3, 0.4) is 0 Å². The van der Waals surface area contributed by atoms with E-state index >= 15 is 0 Å². The molecule has 6 heteroatoms. The third-order valence-electron chi connectivity index (χ3n) is 3.44. The number of carbonyl (C=O) groups excluding carboxylic acids is 2. The van der Waals surface area contributed by atoms with Gasteiger partial charge in [-0.15, -0.1) is 0 Å². The van der Waals surface area contributed by atoms with Crippen LogP contribution in [0.5, 0.6) is 0 Å². The molecule has 0 aromatic carbocycles. The number of rotatable bonds is 7. The van der Waals surface area contributed by atoms with Gasteiger partial charge in [0.1, 0.15) is 6.29 Å². The summed E-state index contributed by atoms with van der Waals surface area (Å²) in [6.45, 7) is 7.29. The molecule has 1 unspecified atom stereocenters. The fourth-order valence-electron chi connectivity index (χ4n) is 2.42. The average molecular weight is 272 g/mol. The van der Waals surface area contributed by atoms with Gasteiger partial charge in [0.05, 0.1) is 19.1 Å². The molecule has 0 aromatic heterocycles. The van der Waals surface area contributed by atoms with Crippen LogP contribution in [0, 0.1) is 17.8 Å². The SMILES string of the molecule is CC(C)C[C@@H](C=O)C(CN1CCOCC1)C(=O)NO. The molecule has 0 saturated carbocycles. The maximum Gasteiger partial charge on any atom is 0.248 e. The number of hydrogen-bond acceptors (Lipinski definition) is 5.